The van der Waals surface area contributed by atoms with Crippen LogP contribution in [0.3, 0.4) is 0 Å². The molecule has 2 N–H and O–H groups in total. The van der Waals surface area contributed by atoms with Gasteiger partial charge in [-0.1, -0.05) is 26.0 Å². The maximum absolute atomic E-state index is 11.1. The van der Waals surface area contributed by atoms with Crippen molar-refractivity contribution in [1.82, 2.24) is 0 Å². The Hall–Kier alpha value is -1.16. The molecule has 17 heavy (non-hydrogen) atoms. The van der Waals surface area contributed by atoms with Gasteiger partial charge in [0.25, 0.3) is 0 Å². The summed E-state index contributed by atoms with van der Waals surface area (Å²) in [7, 11) is 0. The molecule has 0 aromatic heterocycles. The third-order valence-corrected chi connectivity index (χ3v) is 4.46. The summed E-state index contributed by atoms with van der Waals surface area (Å²) in [4.78, 5) is 12.2. The van der Waals surface area contributed by atoms with E-state index in [1.54, 1.807) is 0 Å². The molecule has 0 spiro atoms. The van der Waals surface area contributed by atoms with Crippen LogP contribution in [0, 0.1) is 0 Å². The largest absolute Gasteiger partial charge is 0.480 e. The smallest absolute Gasteiger partial charge is 0.319 e. The number of fused-ring (bicyclic) bond motifs is 1. The monoisotopic (exact) mass is 251 g/mol. The first-order chi connectivity index (χ1) is 8.00. The van der Waals surface area contributed by atoms with Gasteiger partial charge < -0.3 is 10.4 Å². The highest BCUT2D eigenvalue weighted by atomic mass is 32.2. The molecule has 0 aliphatic carbocycles. The van der Waals surface area contributed by atoms with Crippen LogP contribution in [0.5, 0.6) is 0 Å². The number of hydrogen-bond donors (Lipinski definition) is 2. The summed E-state index contributed by atoms with van der Waals surface area (Å²) in [6, 6.07) is 6.04. The second-order valence-corrected chi connectivity index (χ2v) is 5.87. The first-order valence-electron chi connectivity index (χ1n) is 5.79. The fraction of sp³-hybridized carbons (Fsp3) is 0.462. The maximum atomic E-state index is 11.1. The number of carboxylic acid groups (broad SMARTS) is 1. The number of para-hydroxylation sites is 1. The number of nitrogens with one attached hydrogen (secondary N) is 1. The van der Waals surface area contributed by atoms with E-state index in [0.717, 1.165) is 10.6 Å². The Morgan fingerprint density at radius 1 is 1.47 bits per heavy atom. The lowest BCUT2D eigenvalue weighted by atomic mass is 10.00. The first-order valence-corrected chi connectivity index (χ1v) is 6.67. The highest BCUT2D eigenvalue weighted by molar-refractivity contribution is 8.01. The molecule has 1 aliphatic heterocycles. The van der Waals surface area contributed by atoms with Crippen LogP contribution in [0.4, 0.5) is 5.69 Å². The van der Waals surface area contributed by atoms with Crippen molar-refractivity contribution in [2.75, 3.05) is 5.32 Å². The first kappa shape index (κ1) is 12.3. The lowest BCUT2D eigenvalue weighted by Gasteiger charge is -2.31. The summed E-state index contributed by atoms with van der Waals surface area (Å²) < 4.78 is 0. The SMILES string of the molecule is CC(C)c1cccc2c1NC(C)C(C(=O)O)S2. The van der Waals surface area contributed by atoms with Gasteiger partial charge in [0.15, 0.2) is 0 Å². The number of carbonyl (C=O) groups is 1. The van der Waals surface area contributed by atoms with Gasteiger partial charge in [-0.2, -0.15) is 0 Å². The molecular formula is C13H17NO2S. The molecule has 2 unspecified atom stereocenters. The van der Waals surface area contributed by atoms with Gasteiger partial charge in [-0.15, -0.1) is 11.8 Å². The minimum absolute atomic E-state index is 0.0510. The Bertz CT molecular complexity index is 445. The molecule has 92 valence electrons. The molecule has 1 aromatic rings. The maximum Gasteiger partial charge on any atom is 0.319 e. The third kappa shape index (κ3) is 2.27. The summed E-state index contributed by atoms with van der Waals surface area (Å²) in [5, 5.41) is 12.1. The topological polar surface area (TPSA) is 49.3 Å². The molecule has 2 rings (SSSR count). The van der Waals surface area contributed by atoms with Crippen LogP contribution in [-0.2, 0) is 4.79 Å². The summed E-state index contributed by atoms with van der Waals surface area (Å²) >= 11 is 1.44. The van der Waals surface area contributed by atoms with E-state index in [4.69, 9.17) is 5.11 Å². The molecule has 0 amide bonds. The van der Waals surface area contributed by atoms with Gasteiger partial charge >= 0.3 is 5.97 Å². The Morgan fingerprint density at radius 2 is 2.18 bits per heavy atom. The highest BCUT2D eigenvalue weighted by Gasteiger charge is 2.32. The number of hydrogen-bond acceptors (Lipinski definition) is 3. The Balaban J connectivity index is 2.40. The predicted octanol–water partition coefficient (Wildman–Crippen LogP) is 3.17. The van der Waals surface area contributed by atoms with Gasteiger partial charge in [-0.05, 0) is 24.5 Å². The van der Waals surface area contributed by atoms with Gasteiger partial charge in [0.1, 0.15) is 5.25 Å². The second kappa shape index (κ2) is 4.61. The minimum Gasteiger partial charge on any atom is -0.480 e. The summed E-state index contributed by atoms with van der Waals surface area (Å²) in [5.41, 5.74) is 2.36. The van der Waals surface area contributed by atoms with E-state index in [0.29, 0.717) is 5.92 Å². The second-order valence-electron chi connectivity index (χ2n) is 4.68. The molecule has 1 aliphatic rings. The van der Waals surface area contributed by atoms with E-state index in [1.165, 1.54) is 17.3 Å². The van der Waals surface area contributed by atoms with E-state index in [-0.39, 0.29) is 6.04 Å². The van der Waals surface area contributed by atoms with E-state index in [9.17, 15) is 4.79 Å². The third-order valence-electron chi connectivity index (χ3n) is 3.00. The average molecular weight is 251 g/mol. The van der Waals surface area contributed by atoms with E-state index >= 15 is 0 Å². The number of benzene rings is 1. The number of carboxylic acids is 1. The van der Waals surface area contributed by atoms with Crippen LogP contribution < -0.4 is 5.32 Å². The van der Waals surface area contributed by atoms with E-state index in [2.05, 4.69) is 25.2 Å². The fourth-order valence-electron chi connectivity index (χ4n) is 2.09. The lowest BCUT2D eigenvalue weighted by molar-refractivity contribution is -0.136. The molecule has 0 radical (unpaired) electrons. The van der Waals surface area contributed by atoms with Gasteiger partial charge in [-0.25, -0.2) is 0 Å². The van der Waals surface area contributed by atoms with Crippen molar-refractivity contribution in [3.63, 3.8) is 0 Å². The summed E-state index contributed by atoms with van der Waals surface area (Å²) in [6.45, 7) is 6.22. The molecule has 0 saturated carbocycles. The van der Waals surface area contributed by atoms with Gasteiger partial charge in [0, 0.05) is 10.9 Å². The lowest BCUT2D eigenvalue weighted by Crippen LogP contribution is -2.37. The van der Waals surface area contributed by atoms with Crippen molar-refractivity contribution in [2.45, 2.75) is 42.9 Å². The van der Waals surface area contributed by atoms with Crippen LogP contribution in [0.15, 0.2) is 23.1 Å². The van der Waals surface area contributed by atoms with E-state index in [1.807, 2.05) is 19.1 Å². The van der Waals surface area contributed by atoms with Crippen LogP contribution in [0.2, 0.25) is 0 Å². The zero-order chi connectivity index (χ0) is 12.6. The summed E-state index contributed by atoms with van der Waals surface area (Å²) in [6.07, 6.45) is 0. The van der Waals surface area contributed by atoms with Crippen molar-refractivity contribution in [1.29, 1.82) is 0 Å². The minimum atomic E-state index is -0.754. The molecule has 1 aromatic carbocycles. The van der Waals surface area contributed by atoms with Crippen molar-refractivity contribution in [3.8, 4) is 0 Å². The molecule has 1 heterocycles. The predicted molar refractivity (Wildman–Crippen MR) is 70.9 cm³/mol. The van der Waals surface area contributed by atoms with Crippen LogP contribution >= 0.6 is 11.8 Å². The Kier molecular flexibility index (Phi) is 3.33. The molecule has 0 bridgehead atoms. The Labute approximate surface area is 106 Å². The normalized spacial score (nSPS) is 23.1. The average Bonchev–Trinajstić information content (AvgIpc) is 2.26. The zero-order valence-electron chi connectivity index (χ0n) is 10.2. The van der Waals surface area contributed by atoms with Gasteiger partial charge in [0.05, 0.1) is 5.69 Å². The van der Waals surface area contributed by atoms with Gasteiger partial charge in [-0.3, -0.25) is 4.79 Å². The van der Waals surface area contributed by atoms with E-state index < -0.39 is 11.2 Å². The van der Waals surface area contributed by atoms with Crippen LogP contribution in [0.25, 0.3) is 0 Å². The number of thioether (sulfide) groups is 1. The molecule has 2 atom stereocenters. The van der Waals surface area contributed by atoms with Crippen LogP contribution in [-0.4, -0.2) is 22.4 Å². The number of rotatable bonds is 2. The van der Waals surface area contributed by atoms with Gasteiger partial charge in [0.2, 0.25) is 0 Å². The molecular weight excluding hydrogens is 234 g/mol. The standard InChI is InChI=1S/C13H17NO2S/c1-7(2)9-5-4-6-10-11(9)14-8(3)12(17-10)13(15)16/h4-8,12,14H,1-3H3,(H,15,16). The number of anilines is 1. The molecule has 0 fully saturated rings. The molecule has 3 nitrogen and oxygen atoms in total. The fourth-order valence-corrected chi connectivity index (χ4v) is 3.19. The van der Waals surface area contributed by atoms with Crippen LogP contribution in [0.1, 0.15) is 32.3 Å². The molecule has 0 saturated heterocycles. The van der Waals surface area contributed by atoms with Crippen molar-refractivity contribution in [3.05, 3.63) is 23.8 Å². The van der Waals surface area contributed by atoms with Crippen molar-refractivity contribution in [2.24, 2.45) is 0 Å². The number of aliphatic carboxylic acids is 1. The summed E-state index contributed by atoms with van der Waals surface area (Å²) in [5.74, 6) is -0.317. The highest BCUT2D eigenvalue weighted by Crippen LogP contribution is 2.41. The quantitative estimate of drug-likeness (QED) is 0.847. The Morgan fingerprint density at radius 3 is 2.76 bits per heavy atom. The van der Waals surface area contributed by atoms with Crippen molar-refractivity contribution < 1.29 is 9.90 Å². The molecule has 4 heteroatoms. The zero-order valence-corrected chi connectivity index (χ0v) is 11.0. The van der Waals surface area contributed by atoms with Crippen molar-refractivity contribution >= 4 is 23.4 Å².